The predicted molar refractivity (Wildman–Crippen MR) is 167 cm³/mol. The largest absolute Gasteiger partial charge is 0.488 e. The van der Waals surface area contributed by atoms with E-state index in [0.717, 1.165) is 11.1 Å². The van der Waals surface area contributed by atoms with Crippen molar-refractivity contribution in [3.05, 3.63) is 162 Å². The van der Waals surface area contributed by atoms with Crippen LogP contribution < -0.4 is 24.9 Å². The Bertz CT molecular complexity index is 2020. The van der Waals surface area contributed by atoms with Crippen LogP contribution >= 0.6 is 22.9 Å². The molecule has 43 heavy (non-hydrogen) atoms. The van der Waals surface area contributed by atoms with Gasteiger partial charge in [-0.1, -0.05) is 83.6 Å². The third-order valence-electron chi connectivity index (χ3n) is 7.00. The second-order valence-electron chi connectivity index (χ2n) is 9.91. The number of halogens is 2. The van der Waals surface area contributed by atoms with Gasteiger partial charge in [0.15, 0.2) is 4.80 Å². The second kappa shape index (κ2) is 12.2. The van der Waals surface area contributed by atoms with Crippen molar-refractivity contribution in [3.63, 3.8) is 0 Å². The molecule has 0 spiro atoms. The van der Waals surface area contributed by atoms with E-state index in [0.29, 0.717) is 42.6 Å². The molecule has 1 N–H and O–H groups in total. The normalized spacial score (nSPS) is 14.7. The number of fused-ring (bicyclic) bond motifs is 1. The number of thiazole rings is 1. The molecule has 1 aliphatic rings. The van der Waals surface area contributed by atoms with Gasteiger partial charge in [0.25, 0.3) is 11.5 Å². The van der Waals surface area contributed by atoms with Crippen molar-refractivity contribution >= 4 is 40.6 Å². The molecule has 214 valence electrons. The molecule has 6 rings (SSSR count). The van der Waals surface area contributed by atoms with Crippen molar-refractivity contribution in [1.29, 1.82) is 0 Å². The molecule has 0 saturated carbocycles. The van der Waals surface area contributed by atoms with Crippen molar-refractivity contribution in [2.45, 2.75) is 19.6 Å². The molecule has 0 unspecified atom stereocenters. The van der Waals surface area contributed by atoms with Crippen LogP contribution in [0.15, 0.2) is 124 Å². The molecule has 0 aliphatic carbocycles. The Kier molecular flexibility index (Phi) is 8.05. The summed E-state index contributed by atoms with van der Waals surface area (Å²) in [6, 6.07) is 29.0. The van der Waals surface area contributed by atoms with Gasteiger partial charge >= 0.3 is 0 Å². The van der Waals surface area contributed by atoms with Crippen molar-refractivity contribution in [1.82, 2.24) is 4.57 Å². The number of ether oxygens (including phenoxy) is 1. The molecule has 4 aromatic carbocycles. The maximum absolute atomic E-state index is 14.0. The van der Waals surface area contributed by atoms with Crippen molar-refractivity contribution in [2.24, 2.45) is 4.99 Å². The van der Waals surface area contributed by atoms with Crippen LogP contribution in [0.5, 0.6) is 5.75 Å². The SMILES string of the molecule is CC1=C(C(=O)Nc2ccccc2)[C@H](c2ccc(Cl)cc2)n2c(s/c(=C\c3ccccc3OCc3ccc(F)cc3)c2=O)=N1. The quantitative estimate of drug-likeness (QED) is 0.237. The van der Waals surface area contributed by atoms with Gasteiger partial charge in [0.05, 0.1) is 21.8 Å². The van der Waals surface area contributed by atoms with Crippen LogP contribution in [0.2, 0.25) is 5.02 Å². The summed E-state index contributed by atoms with van der Waals surface area (Å²) in [5.41, 5.74) is 3.49. The summed E-state index contributed by atoms with van der Waals surface area (Å²) in [6.07, 6.45) is 1.77. The number of hydrogen-bond acceptors (Lipinski definition) is 5. The van der Waals surface area contributed by atoms with Gasteiger partial charge in [0.1, 0.15) is 18.2 Å². The molecule has 0 saturated heterocycles. The number of nitrogens with one attached hydrogen (secondary N) is 1. The minimum atomic E-state index is -0.718. The fourth-order valence-electron chi connectivity index (χ4n) is 4.91. The number of nitrogens with zero attached hydrogens (tertiary/aromatic N) is 2. The third-order valence-corrected chi connectivity index (χ3v) is 8.23. The van der Waals surface area contributed by atoms with E-state index in [1.807, 2.05) is 54.6 Å². The predicted octanol–water partition coefficient (Wildman–Crippen LogP) is 6.25. The number of allylic oxidation sites excluding steroid dienone is 1. The van der Waals surface area contributed by atoms with Crippen LogP contribution in [0.1, 0.15) is 29.7 Å². The fourth-order valence-corrected chi connectivity index (χ4v) is 6.07. The summed E-state index contributed by atoms with van der Waals surface area (Å²) in [7, 11) is 0. The molecule has 9 heteroatoms. The summed E-state index contributed by atoms with van der Waals surface area (Å²) < 4.78 is 21.4. The first-order valence-electron chi connectivity index (χ1n) is 13.5. The highest BCUT2D eigenvalue weighted by Gasteiger charge is 2.32. The average Bonchev–Trinajstić information content (AvgIpc) is 3.31. The van der Waals surface area contributed by atoms with Gasteiger partial charge in [-0.05, 0) is 66.6 Å². The summed E-state index contributed by atoms with van der Waals surface area (Å²) in [4.78, 5) is 32.9. The molecule has 2 heterocycles. The smallest absolute Gasteiger partial charge is 0.271 e. The van der Waals surface area contributed by atoms with E-state index in [2.05, 4.69) is 5.32 Å². The standard InChI is InChI=1S/C34H25ClFN3O3S/c1-21-30(32(40)38-27-8-3-2-4-9-27)31(23-13-15-25(35)16-14-23)39-33(41)29(43-34(39)37-21)19-24-7-5-6-10-28(24)42-20-22-11-17-26(36)18-12-22/h2-19,31H,20H2,1H3,(H,38,40)/b29-19-/t31-/m0/s1. The highest BCUT2D eigenvalue weighted by molar-refractivity contribution is 7.07. The Labute approximate surface area is 255 Å². The summed E-state index contributed by atoms with van der Waals surface area (Å²) in [5, 5.41) is 3.49. The van der Waals surface area contributed by atoms with Crippen LogP contribution in [-0.2, 0) is 11.4 Å². The number of carbonyl (C=O) groups is 1. The number of anilines is 1. The first-order valence-corrected chi connectivity index (χ1v) is 14.7. The Morgan fingerprint density at radius 2 is 1.70 bits per heavy atom. The zero-order valence-electron chi connectivity index (χ0n) is 23.0. The van der Waals surface area contributed by atoms with Gasteiger partial charge in [0, 0.05) is 16.3 Å². The zero-order valence-corrected chi connectivity index (χ0v) is 24.5. The van der Waals surface area contributed by atoms with Gasteiger partial charge in [-0.25, -0.2) is 9.38 Å². The maximum atomic E-state index is 14.0. The summed E-state index contributed by atoms with van der Waals surface area (Å²) in [5.74, 6) is -0.0837. The highest BCUT2D eigenvalue weighted by Crippen LogP contribution is 2.31. The van der Waals surface area contributed by atoms with Crippen molar-refractivity contribution in [2.75, 3.05) is 5.32 Å². The van der Waals surface area contributed by atoms with Crippen LogP contribution in [0, 0.1) is 5.82 Å². The molecular weight excluding hydrogens is 585 g/mol. The van der Waals surface area contributed by atoms with E-state index in [-0.39, 0.29) is 23.9 Å². The van der Waals surface area contributed by atoms with Crippen molar-refractivity contribution < 1.29 is 13.9 Å². The van der Waals surface area contributed by atoms with Gasteiger partial charge in [-0.15, -0.1) is 0 Å². The first-order chi connectivity index (χ1) is 20.9. The van der Waals surface area contributed by atoms with E-state index in [1.165, 1.54) is 23.5 Å². The molecule has 0 fully saturated rings. The van der Waals surface area contributed by atoms with Gasteiger partial charge in [-0.2, -0.15) is 0 Å². The fraction of sp³-hybridized carbons (Fsp3) is 0.0882. The molecule has 1 atom stereocenters. The lowest BCUT2D eigenvalue weighted by Gasteiger charge is -2.25. The maximum Gasteiger partial charge on any atom is 0.271 e. The molecule has 5 aromatic rings. The number of benzene rings is 4. The van der Waals surface area contributed by atoms with E-state index in [4.69, 9.17) is 21.3 Å². The van der Waals surface area contributed by atoms with Crippen LogP contribution in [0.25, 0.3) is 6.08 Å². The van der Waals surface area contributed by atoms with Gasteiger partial charge in [0.2, 0.25) is 0 Å². The minimum Gasteiger partial charge on any atom is -0.488 e. The van der Waals surface area contributed by atoms with Gasteiger partial charge < -0.3 is 10.1 Å². The Morgan fingerprint density at radius 1 is 1.00 bits per heavy atom. The monoisotopic (exact) mass is 609 g/mol. The third kappa shape index (κ3) is 6.07. The Hall–Kier alpha value is -4.79. The zero-order chi connectivity index (χ0) is 29.9. The van der Waals surface area contributed by atoms with E-state index in [1.54, 1.807) is 54.0 Å². The molecular formula is C34H25ClFN3O3S. The molecule has 1 aliphatic heterocycles. The van der Waals surface area contributed by atoms with Crippen LogP contribution in [-0.4, -0.2) is 10.5 Å². The van der Waals surface area contributed by atoms with E-state index in [9.17, 15) is 14.0 Å². The number of amides is 1. The first kappa shape index (κ1) is 28.3. The molecule has 1 amide bonds. The Balaban J connectivity index is 1.41. The van der Waals surface area contributed by atoms with Crippen molar-refractivity contribution in [3.8, 4) is 5.75 Å². The highest BCUT2D eigenvalue weighted by atomic mass is 35.5. The van der Waals surface area contributed by atoms with Gasteiger partial charge in [-0.3, -0.25) is 14.2 Å². The number of carbonyl (C=O) groups excluding carboxylic acids is 1. The molecule has 0 bridgehead atoms. The summed E-state index contributed by atoms with van der Waals surface area (Å²) >= 11 is 7.43. The topological polar surface area (TPSA) is 72.7 Å². The molecule has 6 nitrogen and oxygen atoms in total. The molecule has 0 radical (unpaired) electrons. The lowest BCUT2D eigenvalue weighted by atomic mass is 9.95. The number of aromatic nitrogens is 1. The number of para-hydroxylation sites is 2. The minimum absolute atomic E-state index is 0.238. The number of hydrogen-bond donors (Lipinski definition) is 1. The lowest BCUT2D eigenvalue weighted by Crippen LogP contribution is -2.40. The number of rotatable bonds is 7. The summed E-state index contributed by atoms with van der Waals surface area (Å²) in [6.45, 7) is 2.01. The lowest BCUT2D eigenvalue weighted by molar-refractivity contribution is -0.113. The second-order valence-corrected chi connectivity index (χ2v) is 11.4. The van der Waals surface area contributed by atoms with E-state index >= 15 is 0 Å². The van der Waals surface area contributed by atoms with Crippen LogP contribution in [0.3, 0.4) is 0 Å². The average molecular weight is 610 g/mol. The Morgan fingerprint density at radius 3 is 2.44 bits per heavy atom. The van der Waals surface area contributed by atoms with Crippen LogP contribution in [0.4, 0.5) is 10.1 Å². The van der Waals surface area contributed by atoms with E-state index < -0.39 is 6.04 Å². The molecule has 1 aromatic heterocycles.